The zero-order valence-corrected chi connectivity index (χ0v) is 15.8. The highest BCUT2D eigenvalue weighted by atomic mass is 19.1. The number of hydrazine groups is 1. The lowest BCUT2D eigenvalue weighted by atomic mass is 9.75. The maximum Gasteiger partial charge on any atom is 0.123 e. The van der Waals surface area contributed by atoms with Crippen LogP contribution in [0.15, 0.2) is 0 Å². The molecule has 1 aliphatic rings. The molecule has 1 saturated carbocycles. The molecule has 3 N–H and O–H groups in total. The number of rotatable bonds is 10. The molecule has 0 spiro atoms. The highest BCUT2D eigenvalue weighted by Gasteiger charge is 2.39. The number of nitrogens with two attached hydrogens (primary N) is 1. The van der Waals surface area contributed by atoms with Gasteiger partial charge in [-0.05, 0) is 64.1 Å². The molecule has 0 aromatic heterocycles. The van der Waals surface area contributed by atoms with Crippen LogP contribution in [0.5, 0.6) is 0 Å². The van der Waals surface area contributed by atoms with Crippen molar-refractivity contribution in [3.8, 4) is 0 Å². The van der Waals surface area contributed by atoms with Gasteiger partial charge in [-0.2, -0.15) is 0 Å². The number of alkyl halides is 1. The molecule has 0 saturated heterocycles. The normalized spacial score (nSPS) is 29.2. The number of halogens is 1. The van der Waals surface area contributed by atoms with Crippen LogP contribution in [0.3, 0.4) is 0 Å². The summed E-state index contributed by atoms with van der Waals surface area (Å²) in [5.74, 6) is 5.69. The number of nitrogens with one attached hydrogen (secondary N) is 1. The average molecular weight is 331 g/mol. The standard InChI is InChI=1S/C18H39FN4/c1-5-17(12-13-21-3)8-7-9-18(19,11-10-17)16-23(6-2)15-14-22(4)20/h21H,5-16,20H2,1-4H3. The Morgan fingerprint density at radius 3 is 2.43 bits per heavy atom. The molecule has 138 valence electrons. The van der Waals surface area contributed by atoms with Crippen molar-refractivity contribution in [2.75, 3.05) is 46.8 Å². The summed E-state index contributed by atoms with van der Waals surface area (Å²) in [5.41, 5.74) is -0.689. The van der Waals surface area contributed by atoms with Crippen molar-refractivity contribution in [3.05, 3.63) is 0 Å². The van der Waals surface area contributed by atoms with Gasteiger partial charge < -0.3 is 5.32 Å². The van der Waals surface area contributed by atoms with Crippen molar-refractivity contribution in [1.82, 2.24) is 15.2 Å². The lowest BCUT2D eigenvalue weighted by molar-refractivity contribution is 0.0694. The fourth-order valence-corrected chi connectivity index (χ4v) is 3.90. The lowest BCUT2D eigenvalue weighted by Crippen LogP contribution is -2.43. The predicted octanol–water partition coefficient (Wildman–Crippen LogP) is 2.79. The molecule has 0 aliphatic heterocycles. The Morgan fingerprint density at radius 2 is 1.87 bits per heavy atom. The van der Waals surface area contributed by atoms with Crippen LogP contribution in [-0.2, 0) is 0 Å². The molecule has 2 unspecified atom stereocenters. The fourth-order valence-electron chi connectivity index (χ4n) is 3.90. The Morgan fingerprint density at radius 1 is 1.13 bits per heavy atom. The van der Waals surface area contributed by atoms with Gasteiger partial charge in [-0.3, -0.25) is 10.7 Å². The predicted molar refractivity (Wildman–Crippen MR) is 97.1 cm³/mol. The summed E-state index contributed by atoms with van der Waals surface area (Å²) in [4.78, 5) is 2.22. The summed E-state index contributed by atoms with van der Waals surface area (Å²) in [6, 6.07) is 0. The van der Waals surface area contributed by atoms with Crippen molar-refractivity contribution in [1.29, 1.82) is 0 Å². The van der Waals surface area contributed by atoms with Gasteiger partial charge in [0.05, 0.1) is 0 Å². The van der Waals surface area contributed by atoms with Crippen LogP contribution in [-0.4, -0.2) is 62.4 Å². The molecule has 23 heavy (non-hydrogen) atoms. The van der Waals surface area contributed by atoms with Gasteiger partial charge in [-0.15, -0.1) is 0 Å². The third-order valence-electron chi connectivity index (χ3n) is 5.81. The van der Waals surface area contributed by atoms with E-state index in [1.807, 2.05) is 14.1 Å². The van der Waals surface area contributed by atoms with Crippen LogP contribution in [0, 0.1) is 5.41 Å². The third-order valence-corrected chi connectivity index (χ3v) is 5.81. The summed E-state index contributed by atoms with van der Waals surface area (Å²) in [5, 5.41) is 4.95. The minimum atomic E-state index is -1.03. The van der Waals surface area contributed by atoms with Gasteiger partial charge in [0.1, 0.15) is 5.67 Å². The maximum atomic E-state index is 15.5. The second kappa shape index (κ2) is 9.92. The van der Waals surface area contributed by atoms with Gasteiger partial charge in [-0.25, -0.2) is 9.40 Å². The van der Waals surface area contributed by atoms with E-state index in [2.05, 4.69) is 24.1 Å². The first kappa shape index (κ1) is 20.8. The molecule has 0 aromatic carbocycles. The quantitative estimate of drug-likeness (QED) is 0.367. The molecule has 2 atom stereocenters. The Hall–Kier alpha value is -0.230. The molecular weight excluding hydrogens is 291 g/mol. The summed E-state index contributed by atoms with van der Waals surface area (Å²) < 4.78 is 15.5. The van der Waals surface area contributed by atoms with E-state index in [1.54, 1.807) is 5.01 Å². The van der Waals surface area contributed by atoms with Crippen molar-refractivity contribution < 1.29 is 4.39 Å². The second-order valence-electron chi connectivity index (χ2n) is 7.56. The molecule has 0 radical (unpaired) electrons. The minimum absolute atomic E-state index is 0.339. The van der Waals surface area contributed by atoms with Crippen LogP contribution in [0.4, 0.5) is 4.39 Å². The summed E-state index contributed by atoms with van der Waals surface area (Å²) in [6.45, 7) is 8.49. The Labute approximate surface area is 142 Å². The van der Waals surface area contributed by atoms with Crippen LogP contribution in [0.2, 0.25) is 0 Å². The third kappa shape index (κ3) is 7.04. The number of hydrogen-bond donors (Lipinski definition) is 2. The first-order valence-corrected chi connectivity index (χ1v) is 9.40. The zero-order valence-electron chi connectivity index (χ0n) is 15.8. The largest absolute Gasteiger partial charge is 0.320 e. The van der Waals surface area contributed by atoms with Crippen molar-refractivity contribution in [2.24, 2.45) is 11.3 Å². The molecule has 0 aromatic rings. The summed E-state index contributed by atoms with van der Waals surface area (Å²) in [7, 11) is 3.87. The minimum Gasteiger partial charge on any atom is -0.320 e. The zero-order chi connectivity index (χ0) is 17.3. The second-order valence-corrected chi connectivity index (χ2v) is 7.56. The van der Waals surface area contributed by atoms with E-state index in [0.29, 0.717) is 24.8 Å². The number of likely N-dealkylation sites (N-methyl/N-ethyl adjacent to an activating group) is 2. The molecular formula is C18H39FN4. The Kier molecular flexibility index (Phi) is 8.98. The summed E-state index contributed by atoms with van der Waals surface area (Å²) >= 11 is 0. The van der Waals surface area contributed by atoms with E-state index in [4.69, 9.17) is 5.84 Å². The molecule has 0 amide bonds. The van der Waals surface area contributed by atoms with Gasteiger partial charge in [0.25, 0.3) is 0 Å². The molecule has 0 heterocycles. The highest BCUT2D eigenvalue weighted by Crippen LogP contribution is 2.44. The van der Waals surface area contributed by atoms with E-state index in [9.17, 15) is 0 Å². The lowest BCUT2D eigenvalue weighted by Gasteiger charge is -2.34. The highest BCUT2D eigenvalue weighted by molar-refractivity contribution is 4.92. The van der Waals surface area contributed by atoms with Gasteiger partial charge >= 0.3 is 0 Å². The Bertz CT molecular complexity index is 326. The molecule has 1 aliphatic carbocycles. The Balaban J connectivity index is 2.61. The van der Waals surface area contributed by atoms with Gasteiger partial charge in [0, 0.05) is 26.7 Å². The van der Waals surface area contributed by atoms with Crippen LogP contribution in [0.1, 0.15) is 58.8 Å². The van der Waals surface area contributed by atoms with Crippen molar-refractivity contribution in [3.63, 3.8) is 0 Å². The number of nitrogens with zero attached hydrogens (tertiary/aromatic N) is 2. The molecule has 1 rings (SSSR count). The first-order valence-electron chi connectivity index (χ1n) is 9.40. The fraction of sp³-hybridized carbons (Fsp3) is 1.00. The van der Waals surface area contributed by atoms with Crippen LogP contribution < -0.4 is 11.2 Å². The number of hydrogen-bond acceptors (Lipinski definition) is 4. The average Bonchev–Trinajstić information content (AvgIpc) is 2.69. The molecule has 4 nitrogen and oxygen atoms in total. The van der Waals surface area contributed by atoms with Crippen molar-refractivity contribution in [2.45, 2.75) is 64.5 Å². The van der Waals surface area contributed by atoms with E-state index >= 15 is 4.39 Å². The topological polar surface area (TPSA) is 44.5 Å². The first-order chi connectivity index (χ1) is 10.9. The summed E-state index contributed by atoms with van der Waals surface area (Å²) in [6.07, 6.45) is 6.97. The molecule has 1 fully saturated rings. The van der Waals surface area contributed by atoms with Crippen LogP contribution >= 0.6 is 0 Å². The van der Waals surface area contributed by atoms with Crippen molar-refractivity contribution >= 4 is 0 Å². The molecule has 0 bridgehead atoms. The van der Waals surface area contributed by atoms with Gasteiger partial charge in [0.2, 0.25) is 0 Å². The van der Waals surface area contributed by atoms with E-state index in [0.717, 1.165) is 39.0 Å². The van der Waals surface area contributed by atoms with Crippen LogP contribution in [0.25, 0.3) is 0 Å². The monoisotopic (exact) mass is 330 g/mol. The van der Waals surface area contributed by atoms with E-state index in [1.165, 1.54) is 19.3 Å². The smallest absolute Gasteiger partial charge is 0.123 e. The van der Waals surface area contributed by atoms with Gasteiger partial charge in [0.15, 0.2) is 0 Å². The molecule has 5 heteroatoms. The van der Waals surface area contributed by atoms with E-state index < -0.39 is 5.67 Å². The SMILES string of the molecule is CCN(CCN(C)N)CC1(F)CCCC(CC)(CCNC)CC1. The van der Waals surface area contributed by atoms with Gasteiger partial charge in [-0.1, -0.05) is 20.3 Å². The van der Waals surface area contributed by atoms with E-state index in [-0.39, 0.29) is 0 Å². The maximum absolute atomic E-state index is 15.5.